The number of phenols is 1. The van der Waals surface area contributed by atoms with Crippen molar-refractivity contribution in [2.45, 2.75) is 6.54 Å². The Morgan fingerprint density at radius 3 is 2.67 bits per heavy atom. The highest BCUT2D eigenvalue weighted by Gasteiger charge is 2.23. The normalized spacial score (nSPS) is 14.5. The third kappa shape index (κ3) is 3.81. The second kappa shape index (κ2) is 8.51. The smallest absolute Gasteiger partial charge is 0.248 e. The molecule has 0 saturated carbocycles. The van der Waals surface area contributed by atoms with Gasteiger partial charge in [0.15, 0.2) is 0 Å². The molecule has 1 fully saturated rings. The number of fused-ring (bicyclic) bond motifs is 1. The van der Waals surface area contributed by atoms with Crippen molar-refractivity contribution in [3.63, 3.8) is 0 Å². The quantitative estimate of drug-likeness (QED) is 0.644. The van der Waals surface area contributed by atoms with Gasteiger partial charge < -0.3 is 25.4 Å². The molecular weight excluding hydrogens is 406 g/mol. The lowest BCUT2D eigenvalue weighted by atomic mass is 10.0. The minimum absolute atomic E-state index is 0.00661. The summed E-state index contributed by atoms with van der Waals surface area (Å²) in [5.41, 5.74) is 9.39. The molecule has 0 spiro atoms. The van der Waals surface area contributed by atoms with E-state index in [0.717, 1.165) is 28.2 Å². The first-order valence-electron chi connectivity index (χ1n) is 9.72. The highest BCUT2D eigenvalue weighted by molar-refractivity contribution is 6.33. The lowest BCUT2D eigenvalue weighted by Crippen LogP contribution is -2.50. The van der Waals surface area contributed by atoms with Crippen LogP contribution >= 0.6 is 11.6 Å². The summed E-state index contributed by atoms with van der Waals surface area (Å²) < 4.78 is 6.97. The number of amides is 1. The number of hydrogen-bond donors (Lipinski definition) is 2. The van der Waals surface area contributed by atoms with Crippen molar-refractivity contribution in [2.75, 3.05) is 44.8 Å². The summed E-state index contributed by atoms with van der Waals surface area (Å²) in [5.74, 6) is 1.07. The highest BCUT2D eigenvalue weighted by atomic mass is 35.5. The predicted octanol–water partition coefficient (Wildman–Crippen LogP) is 2.11. The second-order valence-electron chi connectivity index (χ2n) is 7.23. The number of aromatic nitrogens is 2. The molecule has 0 bridgehead atoms. The van der Waals surface area contributed by atoms with Crippen LogP contribution in [0.25, 0.3) is 16.8 Å². The number of nitrogens with two attached hydrogens (primary N) is 1. The number of imidazole rings is 1. The SMILES string of the molecule is COCC(=O)N1CCN(c2cnc3cc(CN)c(-c4ccc(O)cc4Cl)cn23)CC1. The van der Waals surface area contributed by atoms with Gasteiger partial charge >= 0.3 is 0 Å². The molecule has 3 aromatic rings. The minimum Gasteiger partial charge on any atom is -0.508 e. The van der Waals surface area contributed by atoms with Gasteiger partial charge in [0.2, 0.25) is 5.91 Å². The molecule has 0 atom stereocenters. The Kier molecular flexibility index (Phi) is 5.80. The highest BCUT2D eigenvalue weighted by Crippen LogP contribution is 2.34. The summed E-state index contributed by atoms with van der Waals surface area (Å²) in [6.45, 7) is 3.12. The Labute approximate surface area is 179 Å². The Balaban J connectivity index is 1.67. The summed E-state index contributed by atoms with van der Waals surface area (Å²) in [6.07, 6.45) is 3.82. The summed E-state index contributed by atoms with van der Waals surface area (Å²) in [6, 6.07) is 6.87. The van der Waals surface area contributed by atoms with E-state index < -0.39 is 0 Å². The summed E-state index contributed by atoms with van der Waals surface area (Å²) >= 11 is 6.39. The molecule has 8 nitrogen and oxygen atoms in total. The van der Waals surface area contributed by atoms with Crippen LogP contribution in [0.5, 0.6) is 5.75 Å². The van der Waals surface area contributed by atoms with Crippen LogP contribution in [-0.2, 0) is 16.1 Å². The van der Waals surface area contributed by atoms with Crippen molar-refractivity contribution in [1.29, 1.82) is 0 Å². The van der Waals surface area contributed by atoms with Crippen LogP contribution in [0.3, 0.4) is 0 Å². The molecule has 0 aliphatic carbocycles. The average molecular weight is 430 g/mol. The van der Waals surface area contributed by atoms with E-state index in [0.29, 0.717) is 37.7 Å². The maximum absolute atomic E-state index is 12.1. The molecule has 1 saturated heterocycles. The van der Waals surface area contributed by atoms with E-state index in [2.05, 4.69) is 9.88 Å². The predicted molar refractivity (Wildman–Crippen MR) is 116 cm³/mol. The van der Waals surface area contributed by atoms with Gasteiger partial charge in [0, 0.05) is 57.2 Å². The van der Waals surface area contributed by atoms with E-state index >= 15 is 0 Å². The zero-order valence-electron chi connectivity index (χ0n) is 16.7. The maximum Gasteiger partial charge on any atom is 0.248 e. The minimum atomic E-state index is 0.00661. The van der Waals surface area contributed by atoms with Crippen molar-refractivity contribution < 1.29 is 14.6 Å². The third-order valence-corrected chi connectivity index (χ3v) is 5.71. The van der Waals surface area contributed by atoms with Gasteiger partial charge in [-0.3, -0.25) is 9.20 Å². The zero-order chi connectivity index (χ0) is 21.3. The van der Waals surface area contributed by atoms with E-state index in [4.69, 9.17) is 22.1 Å². The van der Waals surface area contributed by atoms with E-state index in [-0.39, 0.29) is 18.3 Å². The first-order chi connectivity index (χ1) is 14.5. The standard InChI is InChI=1S/C21H24ClN5O3/c1-30-13-21(29)26-6-4-25(5-7-26)20-11-24-19-8-14(10-23)17(12-27(19)20)16-3-2-15(28)9-18(16)22/h2-3,8-9,11-12,28H,4-7,10,13,23H2,1H3. The number of pyridine rings is 1. The molecule has 158 valence electrons. The van der Waals surface area contributed by atoms with E-state index in [1.54, 1.807) is 12.1 Å². The average Bonchev–Trinajstić information content (AvgIpc) is 3.16. The third-order valence-electron chi connectivity index (χ3n) is 5.40. The summed E-state index contributed by atoms with van der Waals surface area (Å²) in [5, 5.41) is 10.1. The number of rotatable bonds is 5. The monoisotopic (exact) mass is 429 g/mol. The topological polar surface area (TPSA) is 96.3 Å². The van der Waals surface area contributed by atoms with Gasteiger partial charge in [-0.15, -0.1) is 0 Å². The number of halogens is 1. The molecule has 30 heavy (non-hydrogen) atoms. The molecule has 9 heteroatoms. The molecule has 1 aromatic carbocycles. The summed E-state index contributed by atoms with van der Waals surface area (Å²) in [4.78, 5) is 20.6. The van der Waals surface area contributed by atoms with E-state index in [1.807, 2.05) is 27.8 Å². The summed E-state index contributed by atoms with van der Waals surface area (Å²) in [7, 11) is 1.53. The number of nitrogens with zero attached hydrogens (tertiary/aromatic N) is 4. The second-order valence-corrected chi connectivity index (χ2v) is 7.63. The first-order valence-corrected chi connectivity index (χ1v) is 10.1. The van der Waals surface area contributed by atoms with Crippen LogP contribution in [0.4, 0.5) is 5.82 Å². The van der Waals surface area contributed by atoms with Gasteiger partial charge in [0.05, 0.1) is 11.2 Å². The number of carbonyl (C=O) groups excluding carboxylic acids is 1. The van der Waals surface area contributed by atoms with Gasteiger partial charge in [0.25, 0.3) is 0 Å². The number of hydrogen-bond acceptors (Lipinski definition) is 6. The van der Waals surface area contributed by atoms with Crippen molar-refractivity contribution in [1.82, 2.24) is 14.3 Å². The van der Waals surface area contributed by atoms with Crippen LogP contribution in [0, 0.1) is 0 Å². The Morgan fingerprint density at radius 1 is 1.23 bits per heavy atom. The Hall–Kier alpha value is -2.81. The number of piperazine rings is 1. The fraction of sp³-hybridized carbons (Fsp3) is 0.333. The van der Waals surface area contributed by atoms with Crippen molar-refractivity contribution >= 4 is 29.0 Å². The van der Waals surface area contributed by atoms with Crippen molar-refractivity contribution in [3.8, 4) is 16.9 Å². The Bertz CT molecular complexity index is 1080. The molecule has 3 heterocycles. The molecule has 1 aliphatic rings. The molecule has 0 unspecified atom stereocenters. The van der Waals surface area contributed by atoms with Crippen LogP contribution < -0.4 is 10.6 Å². The first kappa shape index (κ1) is 20.5. The lowest BCUT2D eigenvalue weighted by molar-refractivity contribution is -0.135. The van der Waals surface area contributed by atoms with Gasteiger partial charge in [-0.1, -0.05) is 11.6 Å². The number of aromatic hydroxyl groups is 1. The molecule has 0 radical (unpaired) electrons. The molecular formula is C21H24ClN5O3. The van der Waals surface area contributed by atoms with Gasteiger partial charge in [-0.2, -0.15) is 0 Å². The number of benzene rings is 1. The lowest BCUT2D eigenvalue weighted by Gasteiger charge is -2.35. The van der Waals surface area contributed by atoms with Gasteiger partial charge in [0.1, 0.15) is 23.8 Å². The maximum atomic E-state index is 12.1. The molecule has 2 aromatic heterocycles. The fourth-order valence-electron chi connectivity index (χ4n) is 3.82. The van der Waals surface area contributed by atoms with Gasteiger partial charge in [-0.05, 0) is 29.8 Å². The van der Waals surface area contributed by atoms with E-state index in [9.17, 15) is 9.90 Å². The fourth-order valence-corrected chi connectivity index (χ4v) is 4.09. The van der Waals surface area contributed by atoms with Crippen molar-refractivity contribution in [3.05, 3.63) is 47.2 Å². The number of methoxy groups -OCH3 is 1. The van der Waals surface area contributed by atoms with Crippen LogP contribution in [0.2, 0.25) is 5.02 Å². The van der Waals surface area contributed by atoms with Crippen LogP contribution in [0.1, 0.15) is 5.56 Å². The molecule has 4 rings (SSSR count). The molecule has 1 amide bonds. The molecule has 1 aliphatic heterocycles. The number of phenolic OH excluding ortho intramolecular Hbond substituents is 1. The van der Waals surface area contributed by atoms with E-state index in [1.165, 1.54) is 13.2 Å². The zero-order valence-corrected chi connectivity index (χ0v) is 17.5. The number of carbonyl (C=O) groups is 1. The Morgan fingerprint density at radius 2 is 2.00 bits per heavy atom. The van der Waals surface area contributed by atoms with Crippen molar-refractivity contribution in [2.24, 2.45) is 5.73 Å². The largest absolute Gasteiger partial charge is 0.508 e. The van der Waals surface area contributed by atoms with Crippen LogP contribution in [-0.4, -0.2) is 65.2 Å². The molecule has 3 N–H and O–H groups in total. The van der Waals surface area contributed by atoms with Gasteiger partial charge in [-0.25, -0.2) is 4.98 Å². The van der Waals surface area contributed by atoms with Crippen LogP contribution in [0.15, 0.2) is 36.7 Å². The number of ether oxygens (including phenoxy) is 1. The number of anilines is 1.